The number of allylic oxidation sites excluding steroid dienone is 1. The van der Waals surface area contributed by atoms with E-state index >= 15 is 0 Å². The number of hydrogen-bond acceptors (Lipinski definition) is 3. The molecule has 1 amide bonds. The lowest BCUT2D eigenvalue weighted by Crippen LogP contribution is -2.28. The van der Waals surface area contributed by atoms with Gasteiger partial charge in [-0.2, -0.15) is 0 Å². The highest BCUT2D eigenvalue weighted by molar-refractivity contribution is 5.76. The van der Waals surface area contributed by atoms with Crippen molar-refractivity contribution < 1.29 is 14.3 Å². The minimum Gasteiger partial charge on any atom is -0.466 e. The molecule has 0 fully saturated rings. The van der Waals surface area contributed by atoms with Crippen molar-refractivity contribution in [3.63, 3.8) is 0 Å². The topological polar surface area (TPSA) is 62.5 Å². The number of hydrogen-bond donors (Lipinski definition) is 2. The zero-order valence-corrected chi connectivity index (χ0v) is 10.3. The molecule has 0 aliphatic heterocycles. The van der Waals surface area contributed by atoms with Crippen LogP contribution in [0.2, 0.25) is 0 Å². The molecule has 0 bridgehead atoms. The number of aliphatic hydroxyl groups is 1. The summed E-state index contributed by atoms with van der Waals surface area (Å²) in [6, 6.07) is 1.79. The van der Waals surface area contributed by atoms with Gasteiger partial charge in [0.2, 0.25) is 5.91 Å². The number of nitrogens with one attached hydrogen (secondary N) is 1. The first kappa shape index (κ1) is 13.5. The summed E-state index contributed by atoms with van der Waals surface area (Å²) in [6.07, 6.45) is 2.02. The SMILES string of the molecule is C=CCCC(=O)NCC(O)c1cc(C)oc1C. The van der Waals surface area contributed by atoms with Gasteiger partial charge in [0.05, 0.1) is 6.10 Å². The van der Waals surface area contributed by atoms with Crippen LogP contribution in [0.4, 0.5) is 0 Å². The summed E-state index contributed by atoms with van der Waals surface area (Å²) >= 11 is 0. The minimum atomic E-state index is -0.722. The molecule has 1 aromatic rings. The van der Waals surface area contributed by atoms with Gasteiger partial charge < -0.3 is 14.8 Å². The highest BCUT2D eigenvalue weighted by atomic mass is 16.3. The predicted octanol–water partition coefficient (Wildman–Crippen LogP) is 2.01. The molecule has 0 saturated heterocycles. The second kappa shape index (κ2) is 6.25. The van der Waals surface area contributed by atoms with Crippen LogP contribution in [0, 0.1) is 13.8 Å². The van der Waals surface area contributed by atoms with E-state index in [2.05, 4.69) is 11.9 Å². The van der Waals surface area contributed by atoms with Crippen LogP contribution >= 0.6 is 0 Å². The fraction of sp³-hybridized carbons (Fsp3) is 0.462. The monoisotopic (exact) mass is 237 g/mol. The molecule has 4 heteroatoms. The fourth-order valence-electron chi connectivity index (χ4n) is 1.62. The highest BCUT2D eigenvalue weighted by Crippen LogP contribution is 2.20. The largest absolute Gasteiger partial charge is 0.466 e. The van der Waals surface area contributed by atoms with Crippen LogP contribution in [0.25, 0.3) is 0 Å². The Hall–Kier alpha value is -1.55. The van der Waals surface area contributed by atoms with Crippen molar-refractivity contribution in [3.8, 4) is 0 Å². The third-order valence-electron chi connectivity index (χ3n) is 2.51. The van der Waals surface area contributed by atoms with Gasteiger partial charge in [-0.1, -0.05) is 6.08 Å². The Bertz CT molecular complexity index is 395. The summed E-state index contributed by atoms with van der Waals surface area (Å²) in [7, 11) is 0. The maximum Gasteiger partial charge on any atom is 0.220 e. The molecular weight excluding hydrogens is 218 g/mol. The molecule has 1 aromatic heterocycles. The smallest absolute Gasteiger partial charge is 0.220 e. The van der Waals surface area contributed by atoms with Crippen LogP contribution in [0.15, 0.2) is 23.1 Å². The van der Waals surface area contributed by atoms with Crippen molar-refractivity contribution in [2.24, 2.45) is 0 Å². The Balaban J connectivity index is 2.44. The van der Waals surface area contributed by atoms with E-state index in [0.717, 1.165) is 11.3 Å². The quantitative estimate of drug-likeness (QED) is 0.744. The van der Waals surface area contributed by atoms with Crippen LogP contribution in [-0.4, -0.2) is 17.6 Å². The summed E-state index contributed by atoms with van der Waals surface area (Å²) in [4.78, 5) is 11.3. The van der Waals surface area contributed by atoms with E-state index in [4.69, 9.17) is 4.42 Å². The summed E-state index contributed by atoms with van der Waals surface area (Å²) in [5.74, 6) is 1.37. The molecule has 17 heavy (non-hydrogen) atoms. The fourth-order valence-corrected chi connectivity index (χ4v) is 1.62. The number of aryl methyl sites for hydroxylation is 2. The summed E-state index contributed by atoms with van der Waals surface area (Å²) in [5, 5.41) is 12.6. The number of amides is 1. The molecule has 1 heterocycles. The van der Waals surface area contributed by atoms with E-state index in [9.17, 15) is 9.90 Å². The Kier molecular flexibility index (Phi) is 4.97. The second-order valence-electron chi connectivity index (χ2n) is 4.02. The van der Waals surface area contributed by atoms with Gasteiger partial charge in [-0.3, -0.25) is 4.79 Å². The van der Waals surface area contributed by atoms with Crippen LogP contribution in [0.5, 0.6) is 0 Å². The highest BCUT2D eigenvalue weighted by Gasteiger charge is 2.14. The Morgan fingerprint density at radius 1 is 1.65 bits per heavy atom. The summed E-state index contributed by atoms with van der Waals surface area (Å²) in [5.41, 5.74) is 0.728. The van der Waals surface area contributed by atoms with Gasteiger partial charge in [0.1, 0.15) is 11.5 Å². The van der Waals surface area contributed by atoms with Gasteiger partial charge in [-0.05, 0) is 26.3 Å². The lowest BCUT2D eigenvalue weighted by molar-refractivity contribution is -0.121. The van der Waals surface area contributed by atoms with Crippen molar-refractivity contribution >= 4 is 5.91 Å². The van der Waals surface area contributed by atoms with Crippen molar-refractivity contribution in [3.05, 3.63) is 35.8 Å². The van der Waals surface area contributed by atoms with Crippen LogP contribution in [-0.2, 0) is 4.79 Å². The molecule has 0 radical (unpaired) electrons. The Morgan fingerprint density at radius 2 is 2.35 bits per heavy atom. The van der Waals surface area contributed by atoms with E-state index in [1.807, 2.05) is 6.92 Å². The van der Waals surface area contributed by atoms with Crippen molar-refractivity contribution in [1.82, 2.24) is 5.32 Å². The summed E-state index contributed by atoms with van der Waals surface area (Å²) < 4.78 is 5.32. The van der Waals surface area contributed by atoms with Gasteiger partial charge in [0.15, 0.2) is 0 Å². The minimum absolute atomic E-state index is 0.0816. The number of carbonyl (C=O) groups is 1. The third-order valence-corrected chi connectivity index (χ3v) is 2.51. The maximum atomic E-state index is 11.3. The van der Waals surface area contributed by atoms with Gasteiger partial charge in [-0.15, -0.1) is 6.58 Å². The molecule has 1 atom stereocenters. The molecule has 2 N–H and O–H groups in total. The van der Waals surface area contributed by atoms with Crippen LogP contribution in [0.1, 0.15) is 36.0 Å². The van der Waals surface area contributed by atoms with Crippen LogP contribution < -0.4 is 5.32 Å². The van der Waals surface area contributed by atoms with Crippen molar-refractivity contribution in [1.29, 1.82) is 0 Å². The first-order valence-electron chi connectivity index (χ1n) is 5.67. The van der Waals surface area contributed by atoms with E-state index in [1.54, 1.807) is 19.1 Å². The van der Waals surface area contributed by atoms with Crippen molar-refractivity contribution in [2.45, 2.75) is 32.8 Å². The average Bonchev–Trinajstić information content (AvgIpc) is 2.62. The number of aliphatic hydroxyl groups excluding tert-OH is 1. The maximum absolute atomic E-state index is 11.3. The molecule has 0 aliphatic rings. The van der Waals surface area contributed by atoms with Gasteiger partial charge in [-0.25, -0.2) is 0 Å². The van der Waals surface area contributed by atoms with Crippen LogP contribution in [0.3, 0.4) is 0 Å². The normalized spacial score (nSPS) is 12.2. The standard InChI is InChI=1S/C13H19NO3/c1-4-5-6-13(16)14-8-12(15)11-7-9(2)17-10(11)3/h4,7,12,15H,1,5-6,8H2,2-3H3,(H,14,16). The van der Waals surface area contributed by atoms with Gasteiger partial charge in [0, 0.05) is 18.5 Å². The first-order valence-corrected chi connectivity index (χ1v) is 5.67. The summed E-state index contributed by atoms with van der Waals surface area (Å²) in [6.45, 7) is 7.37. The van der Waals surface area contributed by atoms with E-state index in [1.165, 1.54) is 0 Å². The lowest BCUT2D eigenvalue weighted by atomic mass is 10.1. The lowest BCUT2D eigenvalue weighted by Gasteiger charge is -2.10. The molecule has 0 saturated carbocycles. The zero-order chi connectivity index (χ0) is 12.8. The first-order chi connectivity index (χ1) is 8.04. The molecule has 1 unspecified atom stereocenters. The number of furan rings is 1. The second-order valence-corrected chi connectivity index (χ2v) is 4.02. The Morgan fingerprint density at radius 3 is 2.88 bits per heavy atom. The number of rotatable bonds is 6. The average molecular weight is 237 g/mol. The van der Waals surface area contributed by atoms with Gasteiger partial charge in [0.25, 0.3) is 0 Å². The molecule has 0 spiro atoms. The van der Waals surface area contributed by atoms with E-state index in [-0.39, 0.29) is 12.5 Å². The van der Waals surface area contributed by atoms with E-state index < -0.39 is 6.10 Å². The zero-order valence-electron chi connectivity index (χ0n) is 10.3. The number of carbonyl (C=O) groups excluding carboxylic acids is 1. The third kappa shape index (κ3) is 4.07. The molecule has 0 aliphatic carbocycles. The molecule has 94 valence electrons. The molecule has 4 nitrogen and oxygen atoms in total. The van der Waals surface area contributed by atoms with E-state index in [0.29, 0.717) is 18.6 Å². The Labute approximate surface area is 101 Å². The molecular formula is C13H19NO3. The van der Waals surface area contributed by atoms with Gasteiger partial charge >= 0.3 is 0 Å². The van der Waals surface area contributed by atoms with Crippen molar-refractivity contribution in [2.75, 3.05) is 6.54 Å². The molecule has 1 rings (SSSR count). The molecule has 0 aromatic carbocycles. The predicted molar refractivity (Wildman–Crippen MR) is 65.6 cm³/mol.